The topological polar surface area (TPSA) is 84.5 Å². The van der Waals surface area contributed by atoms with Crippen molar-refractivity contribution in [3.8, 4) is 0 Å². The average Bonchev–Trinajstić information content (AvgIpc) is 2.56. The Bertz CT molecular complexity index is 609. The Labute approximate surface area is 135 Å². The van der Waals surface area contributed by atoms with E-state index in [0.717, 1.165) is 24.1 Å². The van der Waals surface area contributed by atoms with Crippen molar-refractivity contribution in [3.63, 3.8) is 0 Å². The smallest absolute Gasteiger partial charge is 0.338 e. The fourth-order valence-electron chi connectivity index (χ4n) is 2.49. The van der Waals surface area contributed by atoms with Gasteiger partial charge in [-0.2, -0.15) is 0 Å². The molecule has 2 rings (SSSR count). The molecule has 0 bridgehead atoms. The van der Waals surface area contributed by atoms with Crippen LogP contribution in [-0.2, 0) is 20.7 Å². The van der Waals surface area contributed by atoms with Gasteiger partial charge in [0.25, 0.3) is 5.91 Å². The van der Waals surface area contributed by atoms with Crippen molar-refractivity contribution in [2.24, 2.45) is 0 Å². The monoisotopic (exact) mass is 318 g/mol. The third-order valence-electron chi connectivity index (χ3n) is 3.92. The van der Waals surface area contributed by atoms with Crippen LogP contribution in [0.3, 0.4) is 0 Å². The zero-order valence-corrected chi connectivity index (χ0v) is 13.5. The van der Waals surface area contributed by atoms with E-state index in [-0.39, 0.29) is 24.5 Å². The number of carbonyl (C=O) groups excluding carboxylic acids is 3. The number of nitrogens with one attached hydrogen (secondary N) is 2. The zero-order valence-electron chi connectivity index (χ0n) is 13.5. The van der Waals surface area contributed by atoms with Crippen LogP contribution in [0, 0.1) is 0 Å². The molecule has 1 aliphatic heterocycles. The molecule has 1 aromatic carbocycles. The number of anilines is 1. The fraction of sp³-hybridized carbons (Fsp3) is 0.471. The van der Waals surface area contributed by atoms with Crippen LogP contribution in [0.4, 0.5) is 5.69 Å². The second-order valence-electron chi connectivity index (χ2n) is 5.58. The highest BCUT2D eigenvalue weighted by Gasteiger charge is 2.18. The average molecular weight is 318 g/mol. The zero-order chi connectivity index (χ0) is 16.8. The Morgan fingerprint density at radius 2 is 2.00 bits per heavy atom. The molecule has 1 heterocycles. The van der Waals surface area contributed by atoms with E-state index in [1.54, 1.807) is 18.2 Å². The Balaban J connectivity index is 1.91. The lowest BCUT2D eigenvalue weighted by Crippen LogP contribution is -2.36. The van der Waals surface area contributed by atoms with E-state index in [4.69, 9.17) is 4.74 Å². The predicted octanol–water partition coefficient (Wildman–Crippen LogP) is 2.03. The van der Waals surface area contributed by atoms with Gasteiger partial charge in [0.15, 0.2) is 6.61 Å². The molecule has 1 aliphatic rings. The van der Waals surface area contributed by atoms with E-state index < -0.39 is 5.97 Å². The first kappa shape index (κ1) is 17.0. The summed E-state index contributed by atoms with van der Waals surface area (Å²) < 4.78 is 5.05. The number of hydrogen-bond donors (Lipinski definition) is 2. The lowest BCUT2D eigenvalue weighted by molar-refractivity contribution is -0.125. The molecule has 0 fully saturated rings. The molecule has 0 aliphatic carbocycles. The highest BCUT2D eigenvalue weighted by Crippen LogP contribution is 2.23. The maximum Gasteiger partial charge on any atom is 0.338 e. The van der Waals surface area contributed by atoms with Crippen molar-refractivity contribution in [2.75, 3.05) is 11.9 Å². The van der Waals surface area contributed by atoms with Crippen molar-refractivity contribution in [3.05, 3.63) is 29.3 Å². The molecule has 0 saturated heterocycles. The Kier molecular flexibility index (Phi) is 5.73. The summed E-state index contributed by atoms with van der Waals surface area (Å²) in [5, 5.41) is 5.57. The maximum absolute atomic E-state index is 12.0. The lowest BCUT2D eigenvalue weighted by Gasteiger charge is -2.17. The predicted molar refractivity (Wildman–Crippen MR) is 86.2 cm³/mol. The lowest BCUT2D eigenvalue weighted by atomic mass is 10.0. The van der Waals surface area contributed by atoms with Crippen LogP contribution < -0.4 is 10.6 Å². The van der Waals surface area contributed by atoms with Gasteiger partial charge in [-0.3, -0.25) is 9.59 Å². The summed E-state index contributed by atoms with van der Waals surface area (Å²) in [4.78, 5) is 35.1. The van der Waals surface area contributed by atoms with Crippen LogP contribution >= 0.6 is 0 Å². The number of esters is 1. The molecule has 1 aromatic rings. The third kappa shape index (κ3) is 4.55. The number of fused-ring (bicyclic) bond motifs is 1. The molecule has 2 amide bonds. The molecule has 0 unspecified atom stereocenters. The highest BCUT2D eigenvalue weighted by molar-refractivity contribution is 5.96. The van der Waals surface area contributed by atoms with Crippen LogP contribution in [0.1, 0.15) is 49.0 Å². The van der Waals surface area contributed by atoms with Gasteiger partial charge in [0.1, 0.15) is 0 Å². The van der Waals surface area contributed by atoms with E-state index >= 15 is 0 Å². The number of amides is 2. The number of carbonyl (C=O) groups is 3. The van der Waals surface area contributed by atoms with E-state index in [1.807, 2.05) is 13.8 Å². The summed E-state index contributed by atoms with van der Waals surface area (Å²) in [6.07, 6.45) is 2.68. The van der Waals surface area contributed by atoms with Crippen molar-refractivity contribution >= 4 is 23.5 Å². The van der Waals surface area contributed by atoms with Crippen molar-refractivity contribution in [1.82, 2.24) is 5.32 Å². The molecule has 0 saturated carbocycles. The molecule has 0 atom stereocenters. The third-order valence-corrected chi connectivity index (χ3v) is 3.92. The normalized spacial score (nSPS) is 13.3. The van der Waals surface area contributed by atoms with Crippen molar-refractivity contribution < 1.29 is 19.1 Å². The first-order chi connectivity index (χ1) is 11.0. The largest absolute Gasteiger partial charge is 0.452 e. The second-order valence-corrected chi connectivity index (χ2v) is 5.58. The van der Waals surface area contributed by atoms with Crippen molar-refractivity contribution in [2.45, 2.75) is 45.6 Å². The molecule has 6 nitrogen and oxygen atoms in total. The quantitative estimate of drug-likeness (QED) is 0.786. The summed E-state index contributed by atoms with van der Waals surface area (Å²) in [7, 11) is 0. The number of hydrogen-bond acceptors (Lipinski definition) is 4. The van der Waals surface area contributed by atoms with Crippen LogP contribution in [0.25, 0.3) is 0 Å². The van der Waals surface area contributed by atoms with E-state index in [1.165, 1.54) is 0 Å². The van der Waals surface area contributed by atoms with E-state index in [9.17, 15) is 14.4 Å². The van der Waals surface area contributed by atoms with Gasteiger partial charge in [0, 0.05) is 18.2 Å². The molecule has 23 heavy (non-hydrogen) atoms. The Morgan fingerprint density at radius 3 is 2.70 bits per heavy atom. The van der Waals surface area contributed by atoms with Gasteiger partial charge in [0.05, 0.1) is 5.56 Å². The summed E-state index contributed by atoms with van der Waals surface area (Å²) in [5.74, 6) is -0.854. The Hall–Kier alpha value is -2.37. The number of rotatable bonds is 6. The van der Waals surface area contributed by atoms with Gasteiger partial charge in [0.2, 0.25) is 5.91 Å². The molecule has 124 valence electrons. The SMILES string of the molecule is CCC(CC)NC(=O)COC(=O)c1ccc2c(c1)CCC(=O)N2. The van der Waals surface area contributed by atoms with Crippen LogP contribution in [0.15, 0.2) is 18.2 Å². The minimum absolute atomic E-state index is 0.0223. The van der Waals surface area contributed by atoms with Gasteiger partial charge in [-0.05, 0) is 43.0 Å². The Morgan fingerprint density at radius 1 is 1.26 bits per heavy atom. The van der Waals surface area contributed by atoms with Gasteiger partial charge < -0.3 is 15.4 Å². The van der Waals surface area contributed by atoms with Gasteiger partial charge in [-0.15, -0.1) is 0 Å². The fourth-order valence-corrected chi connectivity index (χ4v) is 2.49. The van der Waals surface area contributed by atoms with Crippen LogP contribution in [0.5, 0.6) is 0 Å². The molecule has 6 heteroatoms. The van der Waals surface area contributed by atoms with E-state index in [2.05, 4.69) is 10.6 Å². The molecule has 2 N–H and O–H groups in total. The first-order valence-electron chi connectivity index (χ1n) is 7.92. The molecule has 0 aromatic heterocycles. The first-order valence-corrected chi connectivity index (χ1v) is 7.92. The number of aryl methyl sites for hydroxylation is 1. The minimum atomic E-state index is -0.538. The summed E-state index contributed by atoms with van der Waals surface area (Å²) in [6, 6.07) is 5.09. The standard InChI is InChI=1S/C17H22N2O4/c1-3-13(4-2)18-16(21)10-23-17(22)12-5-7-14-11(9-12)6-8-15(20)19-14/h5,7,9,13H,3-4,6,8,10H2,1-2H3,(H,18,21)(H,19,20). The second kappa shape index (κ2) is 7.76. The highest BCUT2D eigenvalue weighted by atomic mass is 16.5. The molecular formula is C17H22N2O4. The van der Waals surface area contributed by atoms with Crippen molar-refractivity contribution in [1.29, 1.82) is 0 Å². The number of benzene rings is 1. The van der Waals surface area contributed by atoms with Crippen LogP contribution in [-0.4, -0.2) is 30.4 Å². The molecule has 0 radical (unpaired) electrons. The summed E-state index contributed by atoms with van der Waals surface area (Å²) in [5.41, 5.74) is 2.01. The molecule has 0 spiro atoms. The minimum Gasteiger partial charge on any atom is -0.452 e. The molecular weight excluding hydrogens is 296 g/mol. The van der Waals surface area contributed by atoms with Gasteiger partial charge in [-0.1, -0.05) is 13.8 Å². The van der Waals surface area contributed by atoms with Gasteiger partial charge in [-0.25, -0.2) is 4.79 Å². The van der Waals surface area contributed by atoms with Crippen LogP contribution in [0.2, 0.25) is 0 Å². The van der Waals surface area contributed by atoms with Gasteiger partial charge >= 0.3 is 5.97 Å². The van der Waals surface area contributed by atoms with E-state index in [0.29, 0.717) is 18.4 Å². The number of ether oxygens (including phenoxy) is 1. The maximum atomic E-state index is 12.0. The summed E-state index contributed by atoms with van der Waals surface area (Å²) in [6.45, 7) is 3.70. The summed E-state index contributed by atoms with van der Waals surface area (Å²) >= 11 is 0.